The average molecular weight is 474 g/mol. The van der Waals surface area contributed by atoms with Crippen molar-refractivity contribution < 1.29 is 24.0 Å². The van der Waals surface area contributed by atoms with Crippen LogP contribution in [0.15, 0.2) is 24.3 Å². The highest BCUT2D eigenvalue weighted by atomic mass is 19.1. The Morgan fingerprint density at radius 2 is 1.71 bits per heavy atom. The Morgan fingerprint density at radius 1 is 1.06 bits per heavy atom. The molecule has 1 aromatic rings. The van der Waals surface area contributed by atoms with E-state index >= 15 is 0 Å². The lowest BCUT2D eigenvalue weighted by Gasteiger charge is -2.37. The SMILES string of the molecule is O=C(CC1(CC2CCCC2)CCN(C(C(=O)Nc2ccc(F)cc2)C2CCCCC2)C1=O)NO. The second-order valence-electron chi connectivity index (χ2n) is 10.4. The zero-order valence-corrected chi connectivity index (χ0v) is 19.7. The van der Waals surface area contributed by atoms with Gasteiger partial charge in [0.2, 0.25) is 17.7 Å². The van der Waals surface area contributed by atoms with Crippen LogP contribution in [0.1, 0.15) is 77.0 Å². The Hall–Kier alpha value is -2.48. The normalized spacial score (nSPS) is 24.9. The molecular formula is C26H36FN3O4. The number of amides is 3. The van der Waals surface area contributed by atoms with Gasteiger partial charge in [-0.15, -0.1) is 0 Å². The van der Waals surface area contributed by atoms with E-state index in [0.29, 0.717) is 31.0 Å². The zero-order chi connectivity index (χ0) is 24.1. The number of nitrogens with one attached hydrogen (secondary N) is 2. The van der Waals surface area contributed by atoms with Crippen LogP contribution in [0.4, 0.5) is 10.1 Å². The van der Waals surface area contributed by atoms with Crippen molar-refractivity contribution in [2.45, 2.75) is 83.1 Å². The molecule has 3 aliphatic rings. The molecule has 3 fully saturated rings. The third kappa shape index (κ3) is 5.43. The van der Waals surface area contributed by atoms with E-state index in [1.807, 2.05) is 0 Å². The molecule has 1 aromatic carbocycles. The van der Waals surface area contributed by atoms with Gasteiger partial charge in [0.25, 0.3) is 0 Å². The number of hydroxylamine groups is 1. The van der Waals surface area contributed by atoms with Crippen LogP contribution < -0.4 is 10.8 Å². The minimum atomic E-state index is -0.884. The van der Waals surface area contributed by atoms with Crippen LogP contribution in [0.2, 0.25) is 0 Å². The third-order valence-electron chi connectivity index (χ3n) is 8.14. The summed E-state index contributed by atoms with van der Waals surface area (Å²) >= 11 is 0. The summed E-state index contributed by atoms with van der Waals surface area (Å²) in [5, 5.41) is 12.1. The molecule has 7 nitrogen and oxygen atoms in total. The number of likely N-dealkylation sites (tertiary alicyclic amines) is 1. The molecule has 186 valence electrons. The molecule has 0 aromatic heterocycles. The van der Waals surface area contributed by atoms with Crippen molar-refractivity contribution in [1.82, 2.24) is 10.4 Å². The Labute approximate surface area is 200 Å². The lowest BCUT2D eigenvalue weighted by Crippen LogP contribution is -2.52. The number of hydrogen-bond acceptors (Lipinski definition) is 4. The number of benzene rings is 1. The number of nitrogens with zero attached hydrogens (tertiary/aromatic N) is 1. The minimum absolute atomic E-state index is 0.0482. The lowest BCUT2D eigenvalue weighted by molar-refractivity contribution is -0.147. The van der Waals surface area contributed by atoms with Crippen LogP contribution in [0.5, 0.6) is 0 Å². The van der Waals surface area contributed by atoms with Crippen molar-refractivity contribution in [3.63, 3.8) is 0 Å². The van der Waals surface area contributed by atoms with E-state index < -0.39 is 17.4 Å². The molecule has 3 N–H and O–H groups in total. The maximum atomic E-state index is 14.0. The fourth-order valence-corrected chi connectivity index (χ4v) is 6.46. The van der Waals surface area contributed by atoms with E-state index in [2.05, 4.69) is 5.32 Å². The molecule has 0 radical (unpaired) electrons. The maximum Gasteiger partial charge on any atom is 0.247 e. The summed E-state index contributed by atoms with van der Waals surface area (Å²) in [6.07, 6.45) is 10.3. The summed E-state index contributed by atoms with van der Waals surface area (Å²) in [5.41, 5.74) is 1.32. The van der Waals surface area contributed by atoms with Crippen molar-refractivity contribution in [3.8, 4) is 0 Å². The smallest absolute Gasteiger partial charge is 0.247 e. The van der Waals surface area contributed by atoms with E-state index in [1.165, 1.54) is 24.3 Å². The standard InChI is InChI=1S/C26H36FN3O4/c27-20-10-12-21(13-11-20)28-24(32)23(19-8-2-1-3-9-19)30-15-14-26(25(30)33,17-22(31)29-34)16-18-6-4-5-7-18/h10-13,18-19,23,34H,1-9,14-17H2,(H,28,32)(H,29,31). The number of carbonyl (C=O) groups excluding carboxylic acids is 3. The predicted molar refractivity (Wildman–Crippen MR) is 125 cm³/mol. The van der Waals surface area contributed by atoms with Crippen LogP contribution in [-0.2, 0) is 14.4 Å². The molecule has 3 amide bonds. The summed E-state index contributed by atoms with van der Waals surface area (Å²) in [6, 6.07) is 5.01. The fraction of sp³-hybridized carbons (Fsp3) is 0.654. The van der Waals surface area contributed by atoms with Crippen LogP contribution in [0.25, 0.3) is 0 Å². The molecule has 34 heavy (non-hydrogen) atoms. The first-order valence-corrected chi connectivity index (χ1v) is 12.7. The first-order valence-electron chi connectivity index (χ1n) is 12.7. The summed E-state index contributed by atoms with van der Waals surface area (Å²) in [6.45, 7) is 0.419. The minimum Gasteiger partial charge on any atom is -0.330 e. The van der Waals surface area contributed by atoms with Crippen molar-refractivity contribution in [2.75, 3.05) is 11.9 Å². The van der Waals surface area contributed by atoms with Gasteiger partial charge in [0.05, 0.1) is 5.41 Å². The number of anilines is 1. The summed E-state index contributed by atoms with van der Waals surface area (Å²) in [5.74, 6) is -0.903. The van der Waals surface area contributed by atoms with Crippen LogP contribution in [-0.4, -0.2) is 40.4 Å². The van der Waals surface area contributed by atoms with Crippen LogP contribution in [0.3, 0.4) is 0 Å². The van der Waals surface area contributed by atoms with E-state index in [0.717, 1.165) is 57.8 Å². The Morgan fingerprint density at radius 3 is 2.35 bits per heavy atom. The number of halogens is 1. The molecule has 2 atom stereocenters. The lowest BCUT2D eigenvalue weighted by atomic mass is 9.74. The van der Waals surface area contributed by atoms with Gasteiger partial charge in [-0.05, 0) is 61.8 Å². The molecule has 0 bridgehead atoms. The molecular weight excluding hydrogens is 437 g/mol. The molecule has 2 aliphatic carbocycles. The molecule has 0 spiro atoms. The van der Waals surface area contributed by atoms with Gasteiger partial charge in [0.1, 0.15) is 11.9 Å². The summed E-state index contributed by atoms with van der Waals surface area (Å²) < 4.78 is 13.3. The predicted octanol–water partition coefficient (Wildman–Crippen LogP) is 4.41. The third-order valence-corrected chi connectivity index (χ3v) is 8.14. The molecule has 1 saturated heterocycles. The second-order valence-corrected chi connectivity index (χ2v) is 10.4. The van der Waals surface area contributed by atoms with Gasteiger partial charge in [-0.3, -0.25) is 19.6 Å². The topological polar surface area (TPSA) is 98.7 Å². The first kappa shape index (κ1) is 24.6. The largest absolute Gasteiger partial charge is 0.330 e. The van der Waals surface area contributed by atoms with Crippen LogP contribution >= 0.6 is 0 Å². The number of carbonyl (C=O) groups is 3. The molecule has 2 unspecified atom stereocenters. The van der Waals surface area contributed by atoms with Crippen molar-refractivity contribution in [3.05, 3.63) is 30.1 Å². The van der Waals surface area contributed by atoms with Gasteiger partial charge in [-0.25, -0.2) is 9.87 Å². The van der Waals surface area contributed by atoms with Gasteiger partial charge < -0.3 is 10.2 Å². The van der Waals surface area contributed by atoms with Crippen molar-refractivity contribution >= 4 is 23.4 Å². The fourth-order valence-electron chi connectivity index (χ4n) is 6.46. The molecule has 1 aliphatic heterocycles. The second kappa shape index (κ2) is 10.8. The summed E-state index contributed by atoms with van der Waals surface area (Å²) in [4.78, 5) is 41.5. The monoisotopic (exact) mass is 473 g/mol. The van der Waals surface area contributed by atoms with Crippen LogP contribution in [0, 0.1) is 23.1 Å². The van der Waals surface area contributed by atoms with E-state index in [4.69, 9.17) is 0 Å². The van der Waals surface area contributed by atoms with Crippen molar-refractivity contribution in [1.29, 1.82) is 0 Å². The highest BCUT2D eigenvalue weighted by molar-refractivity contribution is 5.99. The molecule has 1 heterocycles. The molecule has 4 rings (SSSR count). The van der Waals surface area contributed by atoms with Gasteiger partial charge in [-0.1, -0.05) is 44.9 Å². The summed E-state index contributed by atoms with van der Waals surface area (Å²) in [7, 11) is 0. The van der Waals surface area contributed by atoms with E-state index in [-0.39, 0.29) is 30.0 Å². The molecule has 8 heteroatoms. The van der Waals surface area contributed by atoms with Gasteiger partial charge >= 0.3 is 0 Å². The van der Waals surface area contributed by atoms with Crippen molar-refractivity contribution in [2.24, 2.45) is 17.3 Å². The Kier molecular flexibility index (Phi) is 7.86. The quantitative estimate of drug-likeness (QED) is 0.385. The van der Waals surface area contributed by atoms with Gasteiger partial charge in [0, 0.05) is 18.7 Å². The maximum absolute atomic E-state index is 14.0. The van der Waals surface area contributed by atoms with Gasteiger partial charge in [0.15, 0.2) is 0 Å². The number of rotatable bonds is 8. The zero-order valence-electron chi connectivity index (χ0n) is 19.7. The highest BCUT2D eigenvalue weighted by Crippen LogP contribution is 2.46. The number of hydrogen-bond donors (Lipinski definition) is 3. The Balaban J connectivity index is 1.59. The molecule has 2 saturated carbocycles. The average Bonchev–Trinajstić information content (AvgIpc) is 3.45. The van der Waals surface area contributed by atoms with E-state index in [1.54, 1.807) is 10.4 Å². The van der Waals surface area contributed by atoms with Gasteiger partial charge in [-0.2, -0.15) is 0 Å². The first-order chi connectivity index (χ1) is 16.4. The van der Waals surface area contributed by atoms with E-state index in [9.17, 15) is 24.0 Å². The highest BCUT2D eigenvalue weighted by Gasteiger charge is 2.53. The Bertz CT molecular complexity index is 881.